The van der Waals surface area contributed by atoms with Crippen LogP contribution >= 0.6 is 11.6 Å². The molecule has 17 heavy (non-hydrogen) atoms. The fourth-order valence-electron chi connectivity index (χ4n) is 2.41. The van der Waals surface area contributed by atoms with E-state index in [1.807, 2.05) is 12.1 Å². The van der Waals surface area contributed by atoms with Gasteiger partial charge in [-0.25, -0.2) is 0 Å². The van der Waals surface area contributed by atoms with Gasteiger partial charge in [0.25, 0.3) is 0 Å². The van der Waals surface area contributed by atoms with E-state index in [2.05, 4.69) is 29.1 Å². The van der Waals surface area contributed by atoms with Crippen LogP contribution in [-0.2, 0) is 13.6 Å². The third-order valence-corrected chi connectivity index (χ3v) is 4.14. The summed E-state index contributed by atoms with van der Waals surface area (Å²) >= 11 is 6.21. The Morgan fingerprint density at radius 2 is 2.24 bits per heavy atom. The zero-order chi connectivity index (χ0) is 11.8. The molecule has 1 aromatic carbocycles. The summed E-state index contributed by atoms with van der Waals surface area (Å²) in [6, 6.07) is 9.00. The molecule has 0 aliphatic heterocycles. The van der Waals surface area contributed by atoms with Crippen LogP contribution in [0.3, 0.4) is 0 Å². The fourth-order valence-corrected chi connectivity index (χ4v) is 2.63. The molecule has 0 bridgehead atoms. The lowest BCUT2D eigenvalue weighted by Crippen LogP contribution is -2.34. The van der Waals surface area contributed by atoms with Crippen molar-refractivity contribution in [3.8, 4) is 0 Å². The van der Waals surface area contributed by atoms with Crippen LogP contribution in [0.4, 0.5) is 0 Å². The lowest BCUT2D eigenvalue weighted by atomic mass is 9.93. The molecule has 1 aliphatic carbocycles. The Labute approximate surface area is 107 Å². The number of fused-ring (bicyclic) bond motifs is 1. The highest BCUT2D eigenvalue weighted by Gasteiger charge is 2.17. The van der Waals surface area contributed by atoms with Crippen molar-refractivity contribution >= 4 is 22.5 Å². The van der Waals surface area contributed by atoms with Gasteiger partial charge in [-0.1, -0.05) is 24.1 Å². The lowest BCUT2D eigenvalue weighted by molar-refractivity contribution is 0.336. The van der Waals surface area contributed by atoms with Gasteiger partial charge < -0.3 is 9.88 Å². The van der Waals surface area contributed by atoms with Crippen molar-refractivity contribution in [2.24, 2.45) is 7.05 Å². The van der Waals surface area contributed by atoms with Crippen LogP contribution in [0.15, 0.2) is 24.3 Å². The van der Waals surface area contributed by atoms with Gasteiger partial charge in [0, 0.05) is 41.3 Å². The van der Waals surface area contributed by atoms with E-state index in [1.54, 1.807) is 0 Å². The summed E-state index contributed by atoms with van der Waals surface area (Å²) in [4.78, 5) is 0. The number of nitrogens with zero attached hydrogens (tertiary/aromatic N) is 1. The minimum Gasteiger partial charge on any atom is -0.346 e. The van der Waals surface area contributed by atoms with E-state index in [0.29, 0.717) is 0 Å². The maximum atomic E-state index is 6.21. The molecule has 1 saturated carbocycles. The predicted octanol–water partition coefficient (Wildman–Crippen LogP) is 3.47. The van der Waals surface area contributed by atoms with Crippen LogP contribution in [0, 0.1) is 0 Å². The van der Waals surface area contributed by atoms with Gasteiger partial charge in [0.2, 0.25) is 0 Å². The molecule has 3 heteroatoms. The average Bonchev–Trinajstić information content (AvgIpc) is 2.57. The minimum atomic E-state index is 0.725. The van der Waals surface area contributed by atoms with Crippen LogP contribution in [0.25, 0.3) is 10.9 Å². The summed E-state index contributed by atoms with van der Waals surface area (Å²) in [5, 5.41) is 5.59. The van der Waals surface area contributed by atoms with Crippen molar-refractivity contribution in [2.75, 3.05) is 0 Å². The van der Waals surface area contributed by atoms with Crippen molar-refractivity contribution in [3.05, 3.63) is 35.0 Å². The van der Waals surface area contributed by atoms with E-state index in [9.17, 15) is 0 Å². The highest BCUT2D eigenvalue weighted by atomic mass is 35.5. The van der Waals surface area contributed by atoms with Crippen molar-refractivity contribution in [1.29, 1.82) is 0 Å². The van der Waals surface area contributed by atoms with E-state index in [0.717, 1.165) is 23.0 Å². The summed E-state index contributed by atoms with van der Waals surface area (Å²) < 4.78 is 2.23. The second-order valence-corrected chi connectivity index (χ2v) is 5.28. The van der Waals surface area contributed by atoms with Crippen molar-refractivity contribution in [2.45, 2.75) is 31.8 Å². The van der Waals surface area contributed by atoms with Crippen LogP contribution in [0.1, 0.15) is 25.0 Å². The maximum absolute atomic E-state index is 6.21. The molecule has 3 rings (SSSR count). The van der Waals surface area contributed by atoms with Gasteiger partial charge in [0.1, 0.15) is 0 Å². The minimum absolute atomic E-state index is 0.725. The Hall–Kier alpha value is -0.990. The average molecular weight is 249 g/mol. The summed E-state index contributed by atoms with van der Waals surface area (Å²) in [6.45, 7) is 0.937. The normalized spacial score (nSPS) is 16.4. The molecular formula is C14H17ClN2. The molecule has 2 aromatic rings. The number of aryl methyl sites for hydroxylation is 1. The van der Waals surface area contributed by atoms with E-state index in [-0.39, 0.29) is 0 Å². The summed E-state index contributed by atoms with van der Waals surface area (Å²) in [6.07, 6.45) is 4.02. The quantitative estimate of drug-likeness (QED) is 0.880. The predicted molar refractivity (Wildman–Crippen MR) is 72.4 cm³/mol. The Morgan fingerprint density at radius 3 is 2.88 bits per heavy atom. The molecule has 2 nitrogen and oxygen atoms in total. The fraction of sp³-hybridized carbons (Fsp3) is 0.429. The van der Waals surface area contributed by atoms with Gasteiger partial charge in [0.15, 0.2) is 0 Å². The first-order chi connectivity index (χ1) is 8.25. The molecular weight excluding hydrogens is 232 g/mol. The third kappa shape index (κ3) is 1.96. The first-order valence-electron chi connectivity index (χ1n) is 6.22. The van der Waals surface area contributed by atoms with Gasteiger partial charge in [-0.05, 0) is 31.0 Å². The SMILES string of the molecule is Cn1c(CNC2CCC2)cc2c(Cl)cccc21. The number of hydrogen-bond acceptors (Lipinski definition) is 1. The number of nitrogens with one attached hydrogen (secondary N) is 1. The molecule has 1 aliphatic rings. The second-order valence-electron chi connectivity index (χ2n) is 4.88. The summed E-state index contributed by atoms with van der Waals surface area (Å²) in [5.74, 6) is 0. The first kappa shape index (κ1) is 11.1. The van der Waals surface area contributed by atoms with Crippen LogP contribution in [0.2, 0.25) is 5.02 Å². The van der Waals surface area contributed by atoms with Crippen LogP contribution in [-0.4, -0.2) is 10.6 Å². The van der Waals surface area contributed by atoms with Gasteiger partial charge >= 0.3 is 0 Å². The first-order valence-corrected chi connectivity index (χ1v) is 6.60. The Bertz CT molecular complexity index is 540. The Morgan fingerprint density at radius 1 is 1.41 bits per heavy atom. The zero-order valence-electron chi connectivity index (χ0n) is 10.0. The van der Waals surface area contributed by atoms with E-state index >= 15 is 0 Å². The van der Waals surface area contributed by atoms with Gasteiger partial charge in [0.05, 0.1) is 0 Å². The lowest BCUT2D eigenvalue weighted by Gasteiger charge is -2.26. The standard InChI is InChI=1S/C14H17ClN2/c1-17-11(9-16-10-4-2-5-10)8-12-13(15)6-3-7-14(12)17/h3,6-8,10,16H,2,4-5,9H2,1H3. The van der Waals surface area contributed by atoms with Gasteiger partial charge in [-0.15, -0.1) is 0 Å². The molecule has 1 fully saturated rings. The van der Waals surface area contributed by atoms with E-state index < -0.39 is 0 Å². The van der Waals surface area contributed by atoms with Crippen molar-refractivity contribution < 1.29 is 0 Å². The summed E-state index contributed by atoms with van der Waals surface area (Å²) in [7, 11) is 2.11. The van der Waals surface area contributed by atoms with Crippen LogP contribution in [0.5, 0.6) is 0 Å². The monoisotopic (exact) mass is 248 g/mol. The molecule has 0 saturated heterocycles. The maximum Gasteiger partial charge on any atom is 0.0499 e. The van der Waals surface area contributed by atoms with Gasteiger partial charge in [-0.3, -0.25) is 0 Å². The smallest absolute Gasteiger partial charge is 0.0499 e. The number of hydrogen-bond donors (Lipinski definition) is 1. The topological polar surface area (TPSA) is 17.0 Å². The molecule has 1 aromatic heterocycles. The Balaban J connectivity index is 1.88. The number of rotatable bonds is 3. The van der Waals surface area contributed by atoms with Crippen molar-refractivity contribution in [1.82, 2.24) is 9.88 Å². The number of benzene rings is 1. The highest BCUT2D eigenvalue weighted by Crippen LogP contribution is 2.26. The molecule has 1 heterocycles. The molecule has 0 amide bonds. The highest BCUT2D eigenvalue weighted by molar-refractivity contribution is 6.35. The van der Waals surface area contributed by atoms with E-state index in [4.69, 9.17) is 11.6 Å². The summed E-state index contributed by atoms with van der Waals surface area (Å²) in [5.41, 5.74) is 2.52. The molecule has 0 radical (unpaired) electrons. The molecule has 1 N–H and O–H groups in total. The number of halogens is 1. The Kier molecular flexibility index (Phi) is 2.85. The molecule has 0 spiro atoms. The molecule has 0 unspecified atom stereocenters. The zero-order valence-corrected chi connectivity index (χ0v) is 10.8. The second kappa shape index (κ2) is 4.35. The third-order valence-electron chi connectivity index (χ3n) is 3.81. The molecule has 0 atom stereocenters. The van der Waals surface area contributed by atoms with Crippen LogP contribution < -0.4 is 5.32 Å². The van der Waals surface area contributed by atoms with Crippen molar-refractivity contribution in [3.63, 3.8) is 0 Å². The van der Waals surface area contributed by atoms with E-state index in [1.165, 1.54) is 30.5 Å². The number of aromatic nitrogens is 1. The molecule has 90 valence electrons. The largest absolute Gasteiger partial charge is 0.346 e. The van der Waals surface area contributed by atoms with Gasteiger partial charge in [-0.2, -0.15) is 0 Å².